The lowest BCUT2D eigenvalue weighted by atomic mass is 10.0. The van der Waals surface area contributed by atoms with Crippen LogP contribution in [-0.2, 0) is 4.79 Å². The molecule has 2 fully saturated rings. The van der Waals surface area contributed by atoms with Crippen LogP contribution in [0, 0.1) is 0 Å². The van der Waals surface area contributed by atoms with Gasteiger partial charge in [0.15, 0.2) is 0 Å². The molecule has 0 bridgehead atoms. The van der Waals surface area contributed by atoms with Crippen molar-refractivity contribution in [1.29, 1.82) is 0 Å². The summed E-state index contributed by atoms with van der Waals surface area (Å²) in [6, 6.07) is -0.568. The summed E-state index contributed by atoms with van der Waals surface area (Å²) in [6.07, 6.45) is 3.50. The number of hydrogen-bond acceptors (Lipinski definition) is 4. The maximum Gasteiger partial charge on any atom is 0.327 e. The number of nitrogens with one attached hydrogen (secondary N) is 1. The van der Waals surface area contributed by atoms with Crippen molar-refractivity contribution in [2.75, 3.05) is 31.8 Å². The van der Waals surface area contributed by atoms with E-state index < -0.39 is 12.0 Å². The van der Waals surface area contributed by atoms with Crippen LogP contribution in [0.15, 0.2) is 0 Å². The zero-order valence-electron chi connectivity index (χ0n) is 11.2. The third-order valence-electron chi connectivity index (χ3n) is 3.84. The first-order valence-electron chi connectivity index (χ1n) is 6.65. The largest absolute Gasteiger partial charge is 0.480 e. The van der Waals surface area contributed by atoms with Crippen LogP contribution >= 0.6 is 11.8 Å². The minimum Gasteiger partial charge on any atom is -0.480 e. The molecule has 2 saturated heterocycles. The zero-order valence-corrected chi connectivity index (χ0v) is 12.0. The maximum atomic E-state index is 12.0. The van der Waals surface area contributed by atoms with Gasteiger partial charge in [0.1, 0.15) is 6.04 Å². The maximum absolute atomic E-state index is 12.0. The van der Waals surface area contributed by atoms with Crippen LogP contribution in [0.5, 0.6) is 0 Å². The van der Waals surface area contributed by atoms with Crippen LogP contribution in [0.2, 0.25) is 0 Å². The Bertz CT molecular complexity index is 353. The number of aliphatic carboxylic acids is 1. The monoisotopic (exact) mass is 287 g/mol. The molecule has 0 aliphatic carbocycles. The molecule has 6 nitrogen and oxygen atoms in total. The van der Waals surface area contributed by atoms with Crippen molar-refractivity contribution < 1.29 is 14.7 Å². The summed E-state index contributed by atoms with van der Waals surface area (Å²) in [4.78, 5) is 26.7. The van der Waals surface area contributed by atoms with E-state index in [1.165, 1.54) is 29.5 Å². The summed E-state index contributed by atoms with van der Waals surface area (Å²) in [5, 5.41) is 11.9. The molecule has 2 N–H and O–H groups in total. The van der Waals surface area contributed by atoms with Crippen molar-refractivity contribution >= 4 is 23.8 Å². The number of urea groups is 1. The molecule has 0 spiro atoms. The number of amides is 2. The third kappa shape index (κ3) is 3.54. The van der Waals surface area contributed by atoms with E-state index in [2.05, 4.69) is 17.3 Å². The van der Waals surface area contributed by atoms with E-state index in [4.69, 9.17) is 5.11 Å². The van der Waals surface area contributed by atoms with E-state index in [9.17, 15) is 9.59 Å². The van der Waals surface area contributed by atoms with Gasteiger partial charge in [-0.05, 0) is 26.4 Å². The van der Waals surface area contributed by atoms with Crippen LogP contribution in [0.1, 0.15) is 19.3 Å². The van der Waals surface area contributed by atoms with Crippen LogP contribution in [0.4, 0.5) is 4.79 Å². The van der Waals surface area contributed by atoms with Crippen LogP contribution in [0.25, 0.3) is 0 Å². The number of likely N-dealkylation sites (tertiary alicyclic amines) is 1. The van der Waals surface area contributed by atoms with E-state index >= 15 is 0 Å². The fraction of sp³-hybridized carbons (Fsp3) is 0.833. The molecule has 2 rings (SSSR count). The summed E-state index contributed by atoms with van der Waals surface area (Å²) in [6.45, 7) is 1.67. The summed E-state index contributed by atoms with van der Waals surface area (Å²) in [7, 11) is 2.07. The summed E-state index contributed by atoms with van der Waals surface area (Å²) in [5.74, 6) is 0.0185. The molecule has 2 atom stereocenters. The van der Waals surface area contributed by atoms with Crippen LogP contribution in [0.3, 0.4) is 0 Å². The predicted octanol–water partition coefficient (Wildman–Crippen LogP) is 0.640. The van der Waals surface area contributed by atoms with Crippen molar-refractivity contribution in [3.05, 3.63) is 0 Å². The van der Waals surface area contributed by atoms with Gasteiger partial charge in [-0.3, -0.25) is 0 Å². The number of thioether (sulfide) groups is 1. The fourth-order valence-corrected chi connectivity index (χ4v) is 3.70. The molecule has 0 aromatic heterocycles. The second kappa shape index (κ2) is 6.47. The third-order valence-corrected chi connectivity index (χ3v) is 4.85. The molecule has 2 aliphatic heterocycles. The van der Waals surface area contributed by atoms with Gasteiger partial charge in [0.2, 0.25) is 0 Å². The minimum absolute atomic E-state index is 0.253. The van der Waals surface area contributed by atoms with Gasteiger partial charge in [-0.25, -0.2) is 9.59 Å². The highest BCUT2D eigenvalue weighted by Crippen LogP contribution is 2.21. The Balaban J connectivity index is 1.82. The van der Waals surface area contributed by atoms with Gasteiger partial charge in [-0.1, -0.05) is 6.42 Å². The Morgan fingerprint density at radius 2 is 2.21 bits per heavy atom. The van der Waals surface area contributed by atoms with Crippen molar-refractivity contribution in [3.8, 4) is 0 Å². The number of carbonyl (C=O) groups is 2. The number of hydrogen-bond donors (Lipinski definition) is 2. The average molecular weight is 287 g/mol. The number of nitrogens with zero attached hydrogens (tertiary/aromatic N) is 2. The first-order chi connectivity index (χ1) is 9.09. The van der Waals surface area contributed by atoms with E-state index in [0.29, 0.717) is 24.2 Å². The SMILES string of the molecule is CN1CCCCC1CNC(=O)N1CSCC1C(=O)O. The molecular weight excluding hydrogens is 266 g/mol. The van der Waals surface area contributed by atoms with Gasteiger partial charge in [0, 0.05) is 18.3 Å². The highest BCUT2D eigenvalue weighted by molar-refractivity contribution is 7.99. The number of likely N-dealkylation sites (N-methyl/N-ethyl adjacent to an activating group) is 1. The van der Waals surface area contributed by atoms with Gasteiger partial charge in [-0.2, -0.15) is 0 Å². The number of carboxylic acid groups (broad SMARTS) is 1. The predicted molar refractivity (Wildman–Crippen MR) is 74.3 cm³/mol. The molecule has 2 aliphatic rings. The normalized spacial score (nSPS) is 28.4. The van der Waals surface area contributed by atoms with Crippen molar-refractivity contribution in [1.82, 2.24) is 15.1 Å². The Labute approximate surface area is 117 Å². The Morgan fingerprint density at radius 3 is 2.89 bits per heavy atom. The smallest absolute Gasteiger partial charge is 0.327 e. The first kappa shape index (κ1) is 14.5. The van der Waals surface area contributed by atoms with Crippen molar-refractivity contribution in [3.63, 3.8) is 0 Å². The van der Waals surface area contributed by atoms with Gasteiger partial charge in [-0.15, -0.1) is 11.8 Å². The summed E-state index contributed by atoms with van der Waals surface area (Å²) < 4.78 is 0. The molecule has 2 unspecified atom stereocenters. The lowest BCUT2D eigenvalue weighted by Crippen LogP contribution is -2.51. The van der Waals surface area contributed by atoms with Crippen LogP contribution in [-0.4, -0.2) is 70.8 Å². The Morgan fingerprint density at radius 1 is 1.42 bits per heavy atom. The quantitative estimate of drug-likeness (QED) is 0.797. The topological polar surface area (TPSA) is 72.9 Å². The molecule has 19 heavy (non-hydrogen) atoms. The standard InChI is InChI=1S/C12H21N3O3S/c1-14-5-3-2-4-9(14)6-13-12(18)15-8-19-7-10(15)11(16)17/h9-10H,2-8H2,1H3,(H,13,18)(H,16,17). The molecule has 0 radical (unpaired) electrons. The molecule has 0 aromatic carbocycles. The average Bonchev–Trinajstić information content (AvgIpc) is 2.87. The lowest BCUT2D eigenvalue weighted by Gasteiger charge is -2.33. The second-order valence-corrected chi connectivity index (χ2v) is 6.14. The number of rotatable bonds is 3. The zero-order chi connectivity index (χ0) is 13.8. The molecular formula is C12H21N3O3S. The van der Waals surface area contributed by atoms with Gasteiger partial charge in [0.25, 0.3) is 0 Å². The molecule has 0 saturated carbocycles. The highest BCUT2D eigenvalue weighted by atomic mass is 32.2. The lowest BCUT2D eigenvalue weighted by molar-refractivity contribution is -0.140. The Hall–Kier alpha value is -0.950. The van der Waals surface area contributed by atoms with E-state index in [0.717, 1.165) is 13.0 Å². The first-order valence-corrected chi connectivity index (χ1v) is 7.80. The van der Waals surface area contributed by atoms with Gasteiger partial charge in [0.05, 0.1) is 5.88 Å². The molecule has 2 amide bonds. The number of carboxylic acids is 1. The highest BCUT2D eigenvalue weighted by Gasteiger charge is 2.34. The van der Waals surface area contributed by atoms with Gasteiger partial charge < -0.3 is 20.2 Å². The second-order valence-electron chi connectivity index (χ2n) is 5.14. The van der Waals surface area contributed by atoms with Gasteiger partial charge >= 0.3 is 12.0 Å². The number of carbonyl (C=O) groups excluding carboxylic acids is 1. The van der Waals surface area contributed by atoms with Crippen LogP contribution < -0.4 is 5.32 Å². The van der Waals surface area contributed by atoms with Crippen molar-refractivity contribution in [2.45, 2.75) is 31.3 Å². The Kier molecular flexibility index (Phi) is 4.93. The minimum atomic E-state index is -0.921. The van der Waals surface area contributed by atoms with E-state index in [-0.39, 0.29) is 6.03 Å². The van der Waals surface area contributed by atoms with Crippen molar-refractivity contribution in [2.24, 2.45) is 0 Å². The van der Waals surface area contributed by atoms with E-state index in [1.807, 2.05) is 0 Å². The molecule has 2 heterocycles. The summed E-state index contributed by atoms with van der Waals surface area (Å²) in [5.41, 5.74) is 0. The van der Waals surface area contributed by atoms with E-state index in [1.54, 1.807) is 0 Å². The molecule has 108 valence electrons. The number of piperidine rings is 1. The summed E-state index contributed by atoms with van der Waals surface area (Å²) >= 11 is 1.48. The molecule has 0 aromatic rings. The fourth-order valence-electron chi connectivity index (χ4n) is 2.56. The molecule has 7 heteroatoms.